The van der Waals surface area contributed by atoms with E-state index < -0.39 is 0 Å². The lowest BCUT2D eigenvalue weighted by Gasteiger charge is -2.23. The molecule has 0 fully saturated rings. The molecule has 0 spiro atoms. The molecule has 0 aliphatic heterocycles. The molecule has 1 aromatic carbocycles. The fourth-order valence-corrected chi connectivity index (χ4v) is 2.74. The summed E-state index contributed by atoms with van der Waals surface area (Å²) >= 11 is 7.55. The van der Waals surface area contributed by atoms with Crippen molar-refractivity contribution in [2.24, 2.45) is 0 Å². The Morgan fingerprint density at radius 2 is 2.24 bits per heavy atom. The van der Waals surface area contributed by atoms with Gasteiger partial charge in [0.05, 0.1) is 16.8 Å². The standard InChI is InChI=1S/C15H18ClN3OS/c1-10(19(2)9-12-4-3-7-21-12)15(20)18-11-5-6-13(16)14(17)8-11/h3-8,10H,9,17H2,1-2H3,(H,18,20). The molecule has 1 aromatic heterocycles. The van der Waals surface area contributed by atoms with Crippen molar-refractivity contribution in [3.05, 3.63) is 45.6 Å². The summed E-state index contributed by atoms with van der Waals surface area (Å²) in [6, 6.07) is 8.89. The fraction of sp³-hybridized carbons (Fsp3) is 0.267. The topological polar surface area (TPSA) is 58.4 Å². The molecule has 1 amide bonds. The summed E-state index contributed by atoms with van der Waals surface area (Å²) in [5.41, 5.74) is 6.83. The number of nitrogens with two attached hydrogens (primary N) is 1. The summed E-state index contributed by atoms with van der Waals surface area (Å²) in [4.78, 5) is 15.5. The molecular weight excluding hydrogens is 306 g/mol. The number of hydrogen-bond acceptors (Lipinski definition) is 4. The summed E-state index contributed by atoms with van der Waals surface area (Å²) in [7, 11) is 1.93. The number of nitrogen functional groups attached to an aromatic ring is 1. The van der Waals surface area contributed by atoms with Gasteiger partial charge in [-0.3, -0.25) is 9.69 Å². The van der Waals surface area contributed by atoms with Crippen molar-refractivity contribution in [3.63, 3.8) is 0 Å². The Morgan fingerprint density at radius 1 is 1.48 bits per heavy atom. The molecule has 2 aromatic rings. The lowest BCUT2D eigenvalue weighted by Crippen LogP contribution is -2.39. The van der Waals surface area contributed by atoms with Gasteiger partial charge in [0.15, 0.2) is 0 Å². The summed E-state index contributed by atoms with van der Waals surface area (Å²) < 4.78 is 0. The molecule has 4 nitrogen and oxygen atoms in total. The highest BCUT2D eigenvalue weighted by atomic mass is 35.5. The number of hydrogen-bond donors (Lipinski definition) is 2. The van der Waals surface area contributed by atoms with E-state index in [9.17, 15) is 4.79 Å². The van der Waals surface area contributed by atoms with Gasteiger partial charge in [0.25, 0.3) is 0 Å². The van der Waals surface area contributed by atoms with Crippen LogP contribution in [0, 0.1) is 0 Å². The van der Waals surface area contributed by atoms with Gasteiger partial charge in [-0.2, -0.15) is 0 Å². The van der Waals surface area contributed by atoms with Gasteiger partial charge in [0, 0.05) is 17.1 Å². The van der Waals surface area contributed by atoms with Gasteiger partial charge in [-0.1, -0.05) is 17.7 Å². The number of carbonyl (C=O) groups is 1. The van der Waals surface area contributed by atoms with E-state index in [-0.39, 0.29) is 11.9 Å². The summed E-state index contributed by atoms with van der Waals surface area (Å²) in [5, 5.41) is 5.37. The van der Waals surface area contributed by atoms with Gasteiger partial charge in [0.1, 0.15) is 0 Å². The van der Waals surface area contributed by atoms with E-state index in [2.05, 4.69) is 11.4 Å². The van der Waals surface area contributed by atoms with E-state index in [1.54, 1.807) is 29.5 Å². The van der Waals surface area contributed by atoms with Crippen molar-refractivity contribution in [2.45, 2.75) is 19.5 Å². The number of halogens is 1. The molecule has 1 unspecified atom stereocenters. The molecule has 1 atom stereocenters. The number of carbonyl (C=O) groups excluding carboxylic acids is 1. The molecule has 1 heterocycles. The molecule has 2 rings (SSSR count). The molecular formula is C15H18ClN3OS. The monoisotopic (exact) mass is 323 g/mol. The van der Waals surface area contributed by atoms with Crippen molar-refractivity contribution in [2.75, 3.05) is 18.1 Å². The maximum absolute atomic E-state index is 12.3. The van der Waals surface area contributed by atoms with Gasteiger partial charge in [-0.15, -0.1) is 11.3 Å². The van der Waals surface area contributed by atoms with Crippen molar-refractivity contribution in [1.29, 1.82) is 0 Å². The van der Waals surface area contributed by atoms with E-state index in [1.165, 1.54) is 4.88 Å². The second-order valence-electron chi connectivity index (χ2n) is 4.90. The summed E-state index contributed by atoms with van der Waals surface area (Å²) in [5.74, 6) is -0.0734. The Hall–Kier alpha value is -1.56. The van der Waals surface area contributed by atoms with Crippen molar-refractivity contribution >= 4 is 40.2 Å². The molecule has 0 bridgehead atoms. The lowest BCUT2D eigenvalue weighted by molar-refractivity contribution is -0.120. The number of benzene rings is 1. The fourth-order valence-electron chi connectivity index (χ4n) is 1.85. The van der Waals surface area contributed by atoms with Crippen molar-refractivity contribution < 1.29 is 4.79 Å². The first-order chi connectivity index (χ1) is 9.97. The van der Waals surface area contributed by atoms with Crippen molar-refractivity contribution in [1.82, 2.24) is 4.90 Å². The van der Waals surface area contributed by atoms with Gasteiger partial charge in [0.2, 0.25) is 5.91 Å². The number of thiophene rings is 1. The predicted octanol–water partition coefficient (Wildman–Crippen LogP) is 3.44. The van der Waals surface area contributed by atoms with E-state index >= 15 is 0 Å². The molecule has 21 heavy (non-hydrogen) atoms. The number of anilines is 2. The van der Waals surface area contributed by atoms with Gasteiger partial charge >= 0.3 is 0 Å². The van der Waals surface area contributed by atoms with E-state index in [0.717, 1.165) is 6.54 Å². The molecule has 3 N–H and O–H groups in total. The van der Waals surface area contributed by atoms with Crippen LogP contribution < -0.4 is 11.1 Å². The molecule has 0 saturated carbocycles. The number of amides is 1. The third-order valence-electron chi connectivity index (χ3n) is 3.29. The summed E-state index contributed by atoms with van der Waals surface area (Å²) in [6.07, 6.45) is 0. The first-order valence-corrected chi connectivity index (χ1v) is 7.81. The highest BCUT2D eigenvalue weighted by molar-refractivity contribution is 7.09. The van der Waals surface area contributed by atoms with E-state index in [4.69, 9.17) is 17.3 Å². The Kier molecular flexibility index (Phi) is 5.22. The van der Waals surface area contributed by atoms with Crippen LogP contribution in [0.1, 0.15) is 11.8 Å². The second kappa shape index (κ2) is 6.93. The largest absolute Gasteiger partial charge is 0.397 e. The van der Waals surface area contributed by atoms with Crippen LogP contribution in [0.5, 0.6) is 0 Å². The number of nitrogens with one attached hydrogen (secondary N) is 1. The smallest absolute Gasteiger partial charge is 0.241 e. The zero-order valence-corrected chi connectivity index (χ0v) is 13.5. The first-order valence-electron chi connectivity index (χ1n) is 6.56. The van der Waals surface area contributed by atoms with Crippen LogP contribution in [-0.2, 0) is 11.3 Å². The highest BCUT2D eigenvalue weighted by Crippen LogP contribution is 2.22. The number of likely N-dealkylation sites (N-methyl/N-ethyl adjacent to an activating group) is 1. The highest BCUT2D eigenvalue weighted by Gasteiger charge is 2.18. The third kappa shape index (κ3) is 4.20. The normalized spacial score (nSPS) is 12.4. The van der Waals surface area contributed by atoms with Gasteiger partial charge in [-0.25, -0.2) is 0 Å². The van der Waals surface area contributed by atoms with Crippen LogP contribution in [0.2, 0.25) is 5.02 Å². The minimum Gasteiger partial charge on any atom is -0.397 e. The Balaban J connectivity index is 1.96. The quantitative estimate of drug-likeness (QED) is 0.829. The zero-order valence-electron chi connectivity index (χ0n) is 12.0. The van der Waals surface area contributed by atoms with E-state index in [1.807, 2.05) is 30.3 Å². The number of rotatable bonds is 5. The lowest BCUT2D eigenvalue weighted by atomic mass is 10.2. The van der Waals surface area contributed by atoms with Crippen molar-refractivity contribution in [3.8, 4) is 0 Å². The van der Waals surface area contributed by atoms with Crippen LogP contribution in [0.15, 0.2) is 35.7 Å². The van der Waals surface area contributed by atoms with Crippen LogP contribution >= 0.6 is 22.9 Å². The maximum Gasteiger partial charge on any atom is 0.241 e. The average Bonchev–Trinajstić information content (AvgIpc) is 2.94. The Morgan fingerprint density at radius 3 is 2.86 bits per heavy atom. The SMILES string of the molecule is CC(C(=O)Nc1ccc(Cl)c(N)c1)N(C)Cc1cccs1. The predicted molar refractivity (Wildman–Crippen MR) is 89.7 cm³/mol. The van der Waals surface area contributed by atoms with E-state index in [0.29, 0.717) is 16.4 Å². The molecule has 0 saturated heterocycles. The Labute approximate surface area is 133 Å². The minimum atomic E-state index is -0.246. The second-order valence-corrected chi connectivity index (χ2v) is 6.34. The minimum absolute atomic E-state index is 0.0734. The first kappa shape index (κ1) is 15.8. The summed E-state index contributed by atoms with van der Waals surface area (Å²) in [6.45, 7) is 2.62. The maximum atomic E-state index is 12.3. The van der Waals surface area contributed by atoms with Gasteiger partial charge in [-0.05, 0) is 43.6 Å². The Bertz CT molecular complexity index is 615. The van der Waals surface area contributed by atoms with Crippen LogP contribution in [0.3, 0.4) is 0 Å². The zero-order chi connectivity index (χ0) is 15.4. The number of nitrogens with zero attached hydrogens (tertiary/aromatic N) is 1. The van der Waals surface area contributed by atoms with Gasteiger partial charge < -0.3 is 11.1 Å². The third-order valence-corrected chi connectivity index (χ3v) is 4.49. The van der Waals surface area contributed by atoms with Crippen LogP contribution in [0.25, 0.3) is 0 Å². The molecule has 112 valence electrons. The van der Waals surface area contributed by atoms with Crippen LogP contribution in [-0.4, -0.2) is 23.9 Å². The average molecular weight is 324 g/mol. The molecule has 0 aliphatic rings. The molecule has 0 aliphatic carbocycles. The molecule has 0 radical (unpaired) electrons. The van der Waals surface area contributed by atoms with Crippen LogP contribution in [0.4, 0.5) is 11.4 Å². The molecule has 6 heteroatoms.